The minimum absolute atomic E-state index is 0.199. The van der Waals surface area contributed by atoms with Crippen LogP contribution in [0, 0.1) is 0 Å². The standard InChI is InChI=1S/C11H7N3O2/c15-8-4-6-13-9(7-8)11(16)12-10-3-1-2-5-14(10)13/h1-7H. The third-order valence-corrected chi connectivity index (χ3v) is 2.39. The van der Waals surface area contributed by atoms with Crippen LogP contribution in [0.5, 0.6) is 0 Å². The fraction of sp³-hybridized carbons (Fsp3) is 0. The average molecular weight is 213 g/mol. The van der Waals surface area contributed by atoms with E-state index < -0.39 is 5.56 Å². The van der Waals surface area contributed by atoms with Crippen molar-refractivity contribution in [2.75, 3.05) is 0 Å². The SMILES string of the molecule is O=c1ccn2c(c1)c(=O)nc1ccccn12. The molecule has 0 N–H and O–H groups in total. The summed E-state index contributed by atoms with van der Waals surface area (Å²) in [6, 6.07) is 8.06. The predicted octanol–water partition coefficient (Wildman–Crippen LogP) is 0.307. The summed E-state index contributed by atoms with van der Waals surface area (Å²) in [5.41, 5.74) is 0.221. The number of aromatic nitrogens is 3. The number of hydrogen-bond acceptors (Lipinski definition) is 3. The maximum atomic E-state index is 11.7. The van der Waals surface area contributed by atoms with E-state index >= 15 is 0 Å². The molecule has 0 saturated carbocycles. The molecule has 0 spiro atoms. The molecular weight excluding hydrogens is 206 g/mol. The van der Waals surface area contributed by atoms with E-state index in [0.29, 0.717) is 5.65 Å². The Morgan fingerprint density at radius 3 is 2.75 bits per heavy atom. The number of nitrogens with zero attached hydrogens (tertiary/aromatic N) is 3. The van der Waals surface area contributed by atoms with E-state index in [9.17, 15) is 9.59 Å². The van der Waals surface area contributed by atoms with Gasteiger partial charge in [0.05, 0.1) is 0 Å². The average Bonchev–Trinajstić information content (AvgIpc) is 2.29. The summed E-state index contributed by atoms with van der Waals surface area (Å²) in [7, 11) is 0. The highest BCUT2D eigenvalue weighted by Crippen LogP contribution is 1.99. The van der Waals surface area contributed by atoms with Gasteiger partial charge < -0.3 is 0 Å². The van der Waals surface area contributed by atoms with Crippen LogP contribution in [-0.4, -0.2) is 14.0 Å². The van der Waals surface area contributed by atoms with Crippen LogP contribution in [0.2, 0.25) is 0 Å². The minimum Gasteiger partial charge on any atom is -0.290 e. The summed E-state index contributed by atoms with van der Waals surface area (Å²) in [5.74, 6) is 0. The van der Waals surface area contributed by atoms with Gasteiger partial charge in [0.15, 0.2) is 11.1 Å². The molecular formula is C11H7N3O2. The molecule has 16 heavy (non-hydrogen) atoms. The Morgan fingerprint density at radius 1 is 1.00 bits per heavy atom. The highest BCUT2D eigenvalue weighted by molar-refractivity contribution is 5.47. The van der Waals surface area contributed by atoms with Crippen molar-refractivity contribution in [3.05, 3.63) is 63.3 Å². The molecule has 0 saturated heterocycles. The Balaban J connectivity index is 2.70. The van der Waals surface area contributed by atoms with Crippen molar-refractivity contribution in [3.63, 3.8) is 0 Å². The molecule has 0 unspecified atom stereocenters. The third-order valence-electron chi connectivity index (χ3n) is 2.39. The molecule has 0 fully saturated rings. The molecule has 0 aromatic carbocycles. The van der Waals surface area contributed by atoms with E-state index in [2.05, 4.69) is 4.98 Å². The lowest BCUT2D eigenvalue weighted by Gasteiger charge is -2.06. The van der Waals surface area contributed by atoms with Gasteiger partial charge in [-0.1, -0.05) is 6.07 Å². The van der Waals surface area contributed by atoms with Crippen LogP contribution in [0.4, 0.5) is 0 Å². The van der Waals surface area contributed by atoms with Gasteiger partial charge in [-0.3, -0.25) is 9.59 Å². The van der Waals surface area contributed by atoms with Gasteiger partial charge in [0.25, 0.3) is 5.56 Å². The van der Waals surface area contributed by atoms with Gasteiger partial charge in [0.2, 0.25) is 0 Å². The first-order valence-corrected chi connectivity index (χ1v) is 4.76. The van der Waals surface area contributed by atoms with Crippen LogP contribution in [0.25, 0.3) is 11.2 Å². The van der Waals surface area contributed by atoms with E-state index in [1.165, 1.54) is 12.1 Å². The van der Waals surface area contributed by atoms with Crippen molar-refractivity contribution in [2.24, 2.45) is 0 Å². The van der Waals surface area contributed by atoms with Crippen molar-refractivity contribution in [1.29, 1.82) is 0 Å². The molecule has 5 nitrogen and oxygen atoms in total. The second-order valence-corrected chi connectivity index (χ2v) is 3.41. The summed E-state index contributed by atoms with van der Waals surface area (Å²) in [5, 5.41) is 0. The van der Waals surface area contributed by atoms with E-state index in [4.69, 9.17) is 0 Å². The fourth-order valence-electron chi connectivity index (χ4n) is 1.68. The second-order valence-electron chi connectivity index (χ2n) is 3.41. The van der Waals surface area contributed by atoms with Gasteiger partial charge in [0, 0.05) is 24.5 Å². The first-order valence-electron chi connectivity index (χ1n) is 4.76. The Labute approximate surface area is 89.2 Å². The molecule has 3 rings (SSSR count). The number of fused-ring (bicyclic) bond motifs is 3. The molecule has 0 aliphatic rings. The van der Waals surface area contributed by atoms with Crippen molar-refractivity contribution in [3.8, 4) is 0 Å². The number of hydrogen-bond donors (Lipinski definition) is 0. The molecule has 3 aromatic heterocycles. The van der Waals surface area contributed by atoms with Crippen LogP contribution in [0.15, 0.2) is 52.3 Å². The van der Waals surface area contributed by atoms with Gasteiger partial charge in [-0.2, -0.15) is 4.98 Å². The molecule has 0 bridgehead atoms. The maximum Gasteiger partial charge on any atom is 0.297 e. The molecule has 0 amide bonds. The van der Waals surface area contributed by atoms with Crippen LogP contribution in [-0.2, 0) is 0 Å². The summed E-state index contributed by atoms with van der Waals surface area (Å²) in [6.07, 6.45) is 3.34. The molecule has 3 heterocycles. The van der Waals surface area contributed by atoms with Crippen molar-refractivity contribution in [2.45, 2.75) is 0 Å². The Bertz CT molecular complexity index is 801. The van der Waals surface area contributed by atoms with E-state index in [1.807, 2.05) is 6.07 Å². The maximum absolute atomic E-state index is 11.7. The number of pyridine rings is 2. The highest BCUT2D eigenvalue weighted by atomic mass is 16.1. The first-order chi connectivity index (χ1) is 7.75. The summed E-state index contributed by atoms with van der Waals surface area (Å²) in [6.45, 7) is 0. The largest absolute Gasteiger partial charge is 0.297 e. The topological polar surface area (TPSA) is 55.8 Å². The van der Waals surface area contributed by atoms with Crippen LogP contribution in [0.3, 0.4) is 0 Å². The molecule has 0 aliphatic heterocycles. The molecule has 78 valence electrons. The summed E-state index contributed by atoms with van der Waals surface area (Å²) >= 11 is 0. The Kier molecular flexibility index (Phi) is 1.67. The molecule has 3 aromatic rings. The molecule has 0 radical (unpaired) electrons. The molecule has 0 aliphatic carbocycles. The highest BCUT2D eigenvalue weighted by Gasteiger charge is 2.02. The monoisotopic (exact) mass is 213 g/mol. The second kappa shape index (κ2) is 3.03. The quantitative estimate of drug-likeness (QED) is 0.505. The zero-order chi connectivity index (χ0) is 11.1. The van der Waals surface area contributed by atoms with E-state index in [1.54, 1.807) is 33.6 Å². The Hall–Kier alpha value is -2.43. The lowest BCUT2D eigenvalue weighted by Crippen LogP contribution is -2.19. The lowest BCUT2D eigenvalue weighted by molar-refractivity contribution is 0.811. The van der Waals surface area contributed by atoms with Gasteiger partial charge >= 0.3 is 0 Å². The van der Waals surface area contributed by atoms with Gasteiger partial charge in [-0.15, -0.1) is 0 Å². The lowest BCUT2D eigenvalue weighted by atomic mass is 10.4. The van der Waals surface area contributed by atoms with E-state index in [-0.39, 0.29) is 10.9 Å². The van der Waals surface area contributed by atoms with Gasteiger partial charge in [-0.05, 0) is 12.1 Å². The fourth-order valence-corrected chi connectivity index (χ4v) is 1.68. The van der Waals surface area contributed by atoms with Crippen molar-refractivity contribution < 1.29 is 0 Å². The van der Waals surface area contributed by atoms with Crippen LogP contribution >= 0.6 is 0 Å². The number of rotatable bonds is 0. The minimum atomic E-state index is -0.399. The summed E-state index contributed by atoms with van der Waals surface area (Å²) < 4.78 is 3.31. The molecule has 0 atom stereocenters. The predicted molar refractivity (Wildman–Crippen MR) is 58.7 cm³/mol. The zero-order valence-electron chi connectivity index (χ0n) is 8.20. The summed E-state index contributed by atoms with van der Waals surface area (Å²) in [4.78, 5) is 26.7. The Morgan fingerprint density at radius 2 is 1.88 bits per heavy atom. The zero-order valence-corrected chi connectivity index (χ0v) is 8.20. The van der Waals surface area contributed by atoms with Gasteiger partial charge in [0.1, 0.15) is 5.52 Å². The van der Waals surface area contributed by atoms with Crippen molar-refractivity contribution in [1.82, 2.24) is 14.0 Å². The van der Waals surface area contributed by atoms with Crippen LogP contribution < -0.4 is 11.0 Å². The first kappa shape index (κ1) is 8.84. The normalized spacial score (nSPS) is 11.0. The third kappa shape index (κ3) is 1.15. The van der Waals surface area contributed by atoms with Gasteiger partial charge in [-0.25, -0.2) is 9.03 Å². The molecule has 5 heteroatoms. The van der Waals surface area contributed by atoms with Crippen LogP contribution in [0.1, 0.15) is 0 Å². The smallest absolute Gasteiger partial charge is 0.290 e. The van der Waals surface area contributed by atoms with Crippen molar-refractivity contribution >= 4 is 11.2 Å². The van der Waals surface area contributed by atoms with E-state index in [0.717, 1.165) is 0 Å².